The smallest absolute Gasteiger partial charge is 0.172 e. The normalized spacial score (nSPS) is 17.3. The topological polar surface area (TPSA) is 51.6 Å². The van der Waals surface area contributed by atoms with E-state index >= 15 is 0 Å². The van der Waals surface area contributed by atoms with Gasteiger partial charge in [0.2, 0.25) is 0 Å². The Hall–Kier alpha value is -1.78. The second-order valence-corrected chi connectivity index (χ2v) is 7.12. The van der Waals surface area contributed by atoms with Crippen LogP contribution in [0.3, 0.4) is 0 Å². The number of alkyl halides is 1. The van der Waals surface area contributed by atoms with Crippen molar-refractivity contribution in [2.45, 2.75) is 46.1 Å². The van der Waals surface area contributed by atoms with Crippen molar-refractivity contribution in [2.75, 3.05) is 19.1 Å². The van der Waals surface area contributed by atoms with Crippen LogP contribution in [0.25, 0.3) is 11.1 Å². The van der Waals surface area contributed by atoms with Crippen molar-refractivity contribution in [1.29, 1.82) is 0 Å². The number of nitrogens with zero attached hydrogens (tertiary/aromatic N) is 1. The van der Waals surface area contributed by atoms with Crippen LogP contribution in [0, 0.1) is 5.92 Å². The van der Waals surface area contributed by atoms with Crippen molar-refractivity contribution >= 4 is 11.6 Å². The number of aliphatic hydroxyl groups excluding tert-OH is 1. The van der Waals surface area contributed by atoms with E-state index in [0.29, 0.717) is 18.3 Å². The average molecular weight is 392 g/mol. The second kappa shape index (κ2) is 9.95. The van der Waals surface area contributed by atoms with E-state index in [0.717, 1.165) is 35.3 Å². The number of halogens is 1. The molecule has 0 bridgehead atoms. The summed E-state index contributed by atoms with van der Waals surface area (Å²) in [5, 5.41) is 9.94. The summed E-state index contributed by atoms with van der Waals surface area (Å²) in [7, 11) is 0. The lowest BCUT2D eigenvalue weighted by Crippen LogP contribution is -2.41. The van der Waals surface area contributed by atoms with E-state index in [1.54, 1.807) is 12.4 Å². The highest BCUT2D eigenvalue weighted by Crippen LogP contribution is 2.46. The first-order valence-corrected chi connectivity index (χ1v) is 10.2. The van der Waals surface area contributed by atoms with Gasteiger partial charge in [-0.3, -0.25) is 4.98 Å². The molecular weight excluding hydrogens is 362 g/mol. The quantitative estimate of drug-likeness (QED) is 0.506. The number of fused-ring (bicyclic) bond motifs is 3. The van der Waals surface area contributed by atoms with Crippen molar-refractivity contribution in [2.24, 2.45) is 5.92 Å². The first kappa shape index (κ1) is 21.5. The number of aliphatic hydroxyl groups is 1. The Balaban J connectivity index is 0.00000126. The van der Waals surface area contributed by atoms with Crippen molar-refractivity contribution < 1.29 is 14.6 Å². The molecule has 148 valence electrons. The number of ether oxygens (including phenoxy) is 2. The maximum absolute atomic E-state index is 9.94. The molecule has 0 saturated heterocycles. The van der Waals surface area contributed by atoms with Gasteiger partial charge < -0.3 is 14.6 Å². The van der Waals surface area contributed by atoms with E-state index in [2.05, 4.69) is 18.8 Å². The van der Waals surface area contributed by atoms with Gasteiger partial charge in [0.1, 0.15) is 11.5 Å². The third-order valence-electron chi connectivity index (χ3n) is 4.53. The van der Waals surface area contributed by atoms with Gasteiger partial charge in [-0.2, -0.15) is 0 Å². The summed E-state index contributed by atoms with van der Waals surface area (Å²) in [4.78, 5) is 4.17. The molecule has 1 aliphatic heterocycles. The molecule has 0 aliphatic carbocycles. The summed E-state index contributed by atoms with van der Waals surface area (Å²) in [5.74, 6) is 2.26. The molecule has 4 nitrogen and oxygen atoms in total. The van der Waals surface area contributed by atoms with E-state index in [1.165, 1.54) is 0 Å². The average Bonchev–Trinajstić information content (AvgIpc) is 2.71. The summed E-state index contributed by atoms with van der Waals surface area (Å²) in [6.45, 7) is 8.88. The fourth-order valence-electron chi connectivity index (χ4n) is 3.10. The van der Waals surface area contributed by atoms with E-state index in [9.17, 15) is 5.11 Å². The molecule has 1 N–H and O–H groups in total. The lowest BCUT2D eigenvalue weighted by molar-refractivity contribution is 0.0222. The predicted molar refractivity (Wildman–Crippen MR) is 111 cm³/mol. The first-order chi connectivity index (χ1) is 13.1. The summed E-state index contributed by atoms with van der Waals surface area (Å²) in [6.07, 6.45) is 5.61. The minimum atomic E-state index is -0.978. The van der Waals surface area contributed by atoms with Gasteiger partial charge in [-0.15, -0.1) is 11.6 Å². The molecule has 0 amide bonds. The second-order valence-electron chi connectivity index (χ2n) is 6.85. The van der Waals surface area contributed by atoms with E-state index in [1.807, 2.05) is 38.1 Å². The minimum Gasteiger partial charge on any atom is -0.493 e. The highest BCUT2D eigenvalue weighted by atomic mass is 35.5. The Labute approximate surface area is 167 Å². The number of aromatic nitrogens is 1. The Morgan fingerprint density at radius 1 is 1.22 bits per heavy atom. The number of rotatable bonds is 7. The van der Waals surface area contributed by atoms with Gasteiger partial charge in [0.15, 0.2) is 5.60 Å². The maximum atomic E-state index is 9.94. The minimum absolute atomic E-state index is 0.140. The lowest BCUT2D eigenvalue weighted by Gasteiger charge is -2.37. The first-order valence-electron chi connectivity index (χ1n) is 9.67. The largest absolute Gasteiger partial charge is 0.493 e. The lowest BCUT2D eigenvalue weighted by atomic mass is 9.87. The van der Waals surface area contributed by atoms with Gasteiger partial charge in [0.25, 0.3) is 0 Å². The predicted octanol–water partition coefficient (Wildman–Crippen LogP) is 5.41. The van der Waals surface area contributed by atoms with Crippen LogP contribution in [0.5, 0.6) is 11.5 Å². The van der Waals surface area contributed by atoms with Gasteiger partial charge in [-0.1, -0.05) is 27.7 Å². The molecule has 5 heteroatoms. The zero-order valence-corrected chi connectivity index (χ0v) is 17.4. The Bertz CT molecular complexity index is 729. The van der Waals surface area contributed by atoms with Crippen LogP contribution in [-0.2, 0) is 5.60 Å². The van der Waals surface area contributed by atoms with Gasteiger partial charge in [0, 0.05) is 29.6 Å². The van der Waals surface area contributed by atoms with Crippen molar-refractivity contribution in [3.8, 4) is 22.6 Å². The standard InChI is InChI=1S/C20H24ClNO3.C2H6/c1-14(2)4-3-9-24-15-5-6-17-16-7-8-22-11-18(16)20(12-21,13-23)25-19(17)10-15;1-2/h5-8,10-11,14,23H,3-4,9,12-13H2,1-2H3;1-2H3. The number of pyridine rings is 1. The fourth-order valence-corrected chi connectivity index (χ4v) is 3.38. The molecular formula is C22H30ClNO3. The van der Waals surface area contributed by atoms with Crippen LogP contribution in [-0.4, -0.2) is 29.2 Å². The summed E-state index contributed by atoms with van der Waals surface area (Å²) >= 11 is 6.16. The number of benzene rings is 1. The molecule has 2 aromatic rings. The SMILES string of the molecule is CC.CC(C)CCCOc1ccc2c(c1)OC(CO)(CCl)c1cnccc1-2. The third kappa shape index (κ3) is 4.74. The number of hydrogen-bond donors (Lipinski definition) is 1. The van der Waals surface area contributed by atoms with Gasteiger partial charge in [0.05, 0.1) is 19.1 Å². The molecule has 1 aromatic heterocycles. The van der Waals surface area contributed by atoms with Crippen LogP contribution in [0.2, 0.25) is 0 Å². The molecule has 3 rings (SSSR count). The molecule has 0 spiro atoms. The highest BCUT2D eigenvalue weighted by Gasteiger charge is 2.40. The zero-order valence-electron chi connectivity index (χ0n) is 16.7. The highest BCUT2D eigenvalue weighted by molar-refractivity contribution is 6.18. The van der Waals surface area contributed by atoms with Crippen LogP contribution < -0.4 is 9.47 Å². The van der Waals surface area contributed by atoms with Crippen LogP contribution in [0.15, 0.2) is 36.7 Å². The monoisotopic (exact) mass is 391 g/mol. The Kier molecular flexibility index (Phi) is 7.93. The molecule has 1 atom stereocenters. The van der Waals surface area contributed by atoms with Crippen molar-refractivity contribution in [3.63, 3.8) is 0 Å². The van der Waals surface area contributed by atoms with Gasteiger partial charge in [-0.05, 0) is 42.5 Å². The van der Waals surface area contributed by atoms with Crippen molar-refractivity contribution in [1.82, 2.24) is 4.98 Å². The zero-order chi connectivity index (χ0) is 19.9. The van der Waals surface area contributed by atoms with E-state index in [4.69, 9.17) is 21.1 Å². The van der Waals surface area contributed by atoms with E-state index in [-0.39, 0.29) is 12.5 Å². The van der Waals surface area contributed by atoms with Crippen molar-refractivity contribution in [3.05, 3.63) is 42.2 Å². The van der Waals surface area contributed by atoms with Gasteiger partial charge >= 0.3 is 0 Å². The Morgan fingerprint density at radius 2 is 2.00 bits per heavy atom. The molecule has 0 fully saturated rings. The number of hydrogen-bond acceptors (Lipinski definition) is 4. The van der Waals surface area contributed by atoms with E-state index < -0.39 is 5.60 Å². The molecule has 1 aromatic carbocycles. The molecule has 1 aliphatic rings. The summed E-state index contributed by atoms with van der Waals surface area (Å²) in [6, 6.07) is 7.75. The third-order valence-corrected chi connectivity index (χ3v) is 4.96. The summed E-state index contributed by atoms with van der Waals surface area (Å²) in [5.41, 5.74) is 1.78. The fraction of sp³-hybridized carbons (Fsp3) is 0.500. The molecule has 0 radical (unpaired) electrons. The molecule has 27 heavy (non-hydrogen) atoms. The molecule has 1 unspecified atom stereocenters. The van der Waals surface area contributed by atoms with Crippen LogP contribution >= 0.6 is 11.6 Å². The molecule has 0 saturated carbocycles. The van der Waals surface area contributed by atoms with Crippen LogP contribution in [0.4, 0.5) is 0 Å². The Morgan fingerprint density at radius 3 is 2.67 bits per heavy atom. The van der Waals surface area contributed by atoms with Crippen LogP contribution in [0.1, 0.15) is 46.1 Å². The molecule has 2 heterocycles. The maximum Gasteiger partial charge on any atom is 0.172 e. The van der Waals surface area contributed by atoms with Gasteiger partial charge in [-0.25, -0.2) is 0 Å². The summed E-state index contributed by atoms with van der Waals surface area (Å²) < 4.78 is 12.0.